The van der Waals surface area contributed by atoms with Crippen molar-refractivity contribution in [2.45, 2.75) is 32.5 Å². The molecule has 7 heteroatoms. The lowest BCUT2D eigenvalue weighted by atomic mass is 10.0. The molecular weight excluding hydrogens is 379 g/mol. The van der Waals surface area contributed by atoms with Gasteiger partial charge in [-0.3, -0.25) is 0 Å². The Balaban J connectivity index is 1.89. The predicted molar refractivity (Wildman–Crippen MR) is 106 cm³/mol. The molecule has 1 heterocycles. The Kier molecular flexibility index (Phi) is 6.06. The number of anilines is 2. The summed E-state index contributed by atoms with van der Waals surface area (Å²) >= 11 is 0. The molecule has 0 saturated carbocycles. The van der Waals surface area contributed by atoms with E-state index in [1.807, 2.05) is 30.3 Å². The quantitative estimate of drug-likeness (QED) is 0.510. The minimum atomic E-state index is -4.61. The van der Waals surface area contributed by atoms with E-state index in [1.54, 1.807) is 36.2 Å². The zero-order chi connectivity index (χ0) is 21.0. The number of halogens is 3. The summed E-state index contributed by atoms with van der Waals surface area (Å²) in [7, 11) is 1.70. The fourth-order valence-corrected chi connectivity index (χ4v) is 2.75. The number of benzene rings is 2. The molecule has 0 aliphatic heterocycles. The Bertz CT molecular complexity index is 942. The van der Waals surface area contributed by atoms with Gasteiger partial charge in [0, 0.05) is 18.9 Å². The van der Waals surface area contributed by atoms with Crippen LogP contribution in [0, 0.1) is 0 Å². The molecule has 0 N–H and O–H groups in total. The molecule has 152 valence electrons. The molecule has 0 saturated heterocycles. The van der Waals surface area contributed by atoms with Gasteiger partial charge in [-0.1, -0.05) is 56.3 Å². The first-order valence-electron chi connectivity index (χ1n) is 9.20. The van der Waals surface area contributed by atoms with E-state index in [4.69, 9.17) is 4.74 Å². The van der Waals surface area contributed by atoms with Gasteiger partial charge in [-0.2, -0.15) is 18.2 Å². The SMILES string of the molecule is CC(C)c1ccc(N(C)c2ncc(C(F)(F)F)c(OCc3ccccc3)n2)cc1. The maximum Gasteiger partial charge on any atom is 0.423 e. The van der Waals surface area contributed by atoms with Crippen LogP contribution in [-0.2, 0) is 12.8 Å². The summed E-state index contributed by atoms with van der Waals surface area (Å²) in [4.78, 5) is 9.59. The van der Waals surface area contributed by atoms with Crippen LogP contribution in [-0.4, -0.2) is 17.0 Å². The third kappa shape index (κ3) is 5.04. The van der Waals surface area contributed by atoms with Crippen LogP contribution < -0.4 is 9.64 Å². The average Bonchev–Trinajstić information content (AvgIpc) is 2.71. The highest BCUT2D eigenvalue weighted by Gasteiger charge is 2.36. The Morgan fingerprint density at radius 1 is 1.00 bits per heavy atom. The van der Waals surface area contributed by atoms with E-state index in [9.17, 15) is 13.2 Å². The second kappa shape index (κ2) is 8.51. The average molecular weight is 401 g/mol. The Morgan fingerprint density at radius 2 is 1.66 bits per heavy atom. The highest BCUT2D eigenvalue weighted by atomic mass is 19.4. The van der Waals surface area contributed by atoms with Gasteiger partial charge in [0.2, 0.25) is 11.8 Å². The molecule has 0 radical (unpaired) electrons. The van der Waals surface area contributed by atoms with Crippen LogP contribution in [0.25, 0.3) is 0 Å². The molecule has 0 atom stereocenters. The van der Waals surface area contributed by atoms with E-state index in [0.717, 1.165) is 17.4 Å². The zero-order valence-corrected chi connectivity index (χ0v) is 16.4. The molecular formula is C22H22F3N3O. The standard InChI is InChI=1S/C22H22F3N3O/c1-15(2)17-9-11-18(12-10-17)28(3)21-26-13-19(22(23,24)25)20(27-21)29-14-16-7-5-4-6-8-16/h4-13,15H,14H2,1-3H3. The number of ether oxygens (including phenoxy) is 1. The van der Waals surface area contributed by atoms with Crippen molar-refractivity contribution < 1.29 is 17.9 Å². The van der Waals surface area contributed by atoms with Crippen LogP contribution in [0.3, 0.4) is 0 Å². The van der Waals surface area contributed by atoms with Gasteiger partial charge in [0.15, 0.2) is 0 Å². The van der Waals surface area contributed by atoms with Crippen molar-refractivity contribution in [1.82, 2.24) is 9.97 Å². The molecule has 4 nitrogen and oxygen atoms in total. The maximum atomic E-state index is 13.4. The molecule has 29 heavy (non-hydrogen) atoms. The van der Waals surface area contributed by atoms with Crippen molar-refractivity contribution in [2.24, 2.45) is 0 Å². The summed E-state index contributed by atoms with van der Waals surface area (Å²) in [5, 5.41) is 0. The van der Waals surface area contributed by atoms with Crippen molar-refractivity contribution in [3.05, 3.63) is 77.5 Å². The van der Waals surface area contributed by atoms with Gasteiger partial charge < -0.3 is 9.64 Å². The Labute approximate surface area is 168 Å². The molecule has 0 unspecified atom stereocenters. The first kappa shape index (κ1) is 20.6. The van der Waals surface area contributed by atoms with Gasteiger partial charge in [-0.15, -0.1) is 0 Å². The third-order valence-corrected chi connectivity index (χ3v) is 4.51. The van der Waals surface area contributed by atoms with Crippen LogP contribution in [0.2, 0.25) is 0 Å². The highest BCUT2D eigenvalue weighted by molar-refractivity contribution is 5.57. The normalized spacial score (nSPS) is 11.6. The fourth-order valence-electron chi connectivity index (χ4n) is 2.75. The number of hydrogen-bond acceptors (Lipinski definition) is 4. The number of alkyl halides is 3. The van der Waals surface area contributed by atoms with Gasteiger partial charge in [0.25, 0.3) is 0 Å². The van der Waals surface area contributed by atoms with Crippen LogP contribution in [0.5, 0.6) is 5.88 Å². The minimum absolute atomic E-state index is 0.0207. The van der Waals surface area contributed by atoms with E-state index in [1.165, 1.54) is 5.56 Å². The second-order valence-corrected chi connectivity index (χ2v) is 6.97. The van der Waals surface area contributed by atoms with Gasteiger partial charge >= 0.3 is 6.18 Å². The lowest BCUT2D eigenvalue weighted by molar-refractivity contribution is -0.139. The number of hydrogen-bond donors (Lipinski definition) is 0. The summed E-state index contributed by atoms with van der Waals surface area (Å²) in [5.41, 5.74) is 1.68. The number of aromatic nitrogens is 2. The van der Waals surface area contributed by atoms with Gasteiger partial charge in [0.1, 0.15) is 12.2 Å². The summed E-state index contributed by atoms with van der Waals surface area (Å²) in [6.45, 7) is 4.16. The lowest BCUT2D eigenvalue weighted by Crippen LogP contribution is -2.17. The summed E-state index contributed by atoms with van der Waals surface area (Å²) in [6.07, 6.45) is -3.84. The highest BCUT2D eigenvalue weighted by Crippen LogP contribution is 2.36. The molecule has 0 amide bonds. The largest absolute Gasteiger partial charge is 0.472 e. The van der Waals surface area contributed by atoms with Crippen molar-refractivity contribution in [2.75, 3.05) is 11.9 Å². The molecule has 0 bridgehead atoms. The minimum Gasteiger partial charge on any atom is -0.472 e. The van der Waals surface area contributed by atoms with E-state index in [-0.39, 0.29) is 12.6 Å². The topological polar surface area (TPSA) is 38.2 Å². The third-order valence-electron chi connectivity index (χ3n) is 4.51. The van der Waals surface area contributed by atoms with Crippen molar-refractivity contribution >= 4 is 11.6 Å². The molecule has 2 aromatic carbocycles. The van der Waals surface area contributed by atoms with E-state index >= 15 is 0 Å². The van der Waals surface area contributed by atoms with Crippen LogP contribution in [0.1, 0.15) is 36.5 Å². The second-order valence-electron chi connectivity index (χ2n) is 6.97. The predicted octanol–water partition coefficient (Wildman–Crippen LogP) is 5.97. The maximum absolute atomic E-state index is 13.4. The van der Waals surface area contributed by atoms with E-state index in [2.05, 4.69) is 23.8 Å². The summed E-state index contributed by atoms with van der Waals surface area (Å²) in [5.74, 6) is 0.0185. The van der Waals surface area contributed by atoms with Crippen LogP contribution >= 0.6 is 0 Å². The summed E-state index contributed by atoms with van der Waals surface area (Å²) < 4.78 is 45.6. The molecule has 0 aliphatic carbocycles. The lowest BCUT2D eigenvalue weighted by Gasteiger charge is -2.20. The summed E-state index contributed by atoms with van der Waals surface area (Å²) in [6, 6.07) is 16.7. The number of rotatable bonds is 6. The molecule has 0 aliphatic rings. The van der Waals surface area contributed by atoms with Gasteiger partial charge in [0.05, 0.1) is 0 Å². The smallest absolute Gasteiger partial charge is 0.423 e. The molecule has 3 aromatic rings. The van der Waals surface area contributed by atoms with E-state index < -0.39 is 17.6 Å². The fraction of sp³-hybridized carbons (Fsp3) is 0.273. The van der Waals surface area contributed by atoms with Crippen molar-refractivity contribution in [1.29, 1.82) is 0 Å². The Morgan fingerprint density at radius 3 is 2.24 bits per heavy atom. The van der Waals surface area contributed by atoms with Crippen LogP contribution in [0.15, 0.2) is 60.8 Å². The molecule has 0 spiro atoms. The Hall–Kier alpha value is -3.09. The molecule has 0 fully saturated rings. The first-order valence-corrected chi connectivity index (χ1v) is 9.20. The van der Waals surface area contributed by atoms with Gasteiger partial charge in [-0.05, 0) is 29.2 Å². The zero-order valence-electron chi connectivity index (χ0n) is 16.4. The number of nitrogens with zero attached hydrogens (tertiary/aromatic N) is 3. The first-order chi connectivity index (χ1) is 13.8. The molecule has 1 aromatic heterocycles. The van der Waals surface area contributed by atoms with Crippen molar-refractivity contribution in [3.63, 3.8) is 0 Å². The monoisotopic (exact) mass is 401 g/mol. The van der Waals surface area contributed by atoms with Crippen molar-refractivity contribution in [3.8, 4) is 5.88 Å². The van der Waals surface area contributed by atoms with E-state index in [0.29, 0.717) is 5.92 Å². The molecule has 3 rings (SSSR count). The van der Waals surface area contributed by atoms with Gasteiger partial charge in [-0.25, -0.2) is 4.98 Å². The van der Waals surface area contributed by atoms with Crippen LogP contribution in [0.4, 0.5) is 24.8 Å².